The van der Waals surface area contributed by atoms with Gasteiger partial charge in [-0.05, 0) is 49.1 Å². The van der Waals surface area contributed by atoms with Crippen molar-refractivity contribution < 1.29 is 9.53 Å². The quantitative estimate of drug-likeness (QED) is 0.771. The van der Waals surface area contributed by atoms with Crippen molar-refractivity contribution in [2.45, 2.75) is 25.8 Å². The van der Waals surface area contributed by atoms with E-state index in [1.165, 1.54) is 5.56 Å². The molecule has 6 nitrogen and oxygen atoms in total. The maximum atomic E-state index is 13.1. The molecule has 0 radical (unpaired) electrons. The molecule has 2 saturated heterocycles. The van der Waals surface area contributed by atoms with Gasteiger partial charge in [0.2, 0.25) is 5.91 Å². The SMILES string of the molecule is O=C([C@@H]1C[C@H](COc2cccnc2)CN(Cc2ccncc2)C1)N1CCCC1. The molecule has 0 spiro atoms. The Kier molecular flexibility index (Phi) is 6.17. The first kappa shape index (κ1) is 18.9. The highest BCUT2D eigenvalue weighted by atomic mass is 16.5. The number of carbonyl (C=O) groups is 1. The zero-order valence-electron chi connectivity index (χ0n) is 16.2. The number of rotatable bonds is 6. The fourth-order valence-electron chi connectivity index (χ4n) is 4.32. The minimum Gasteiger partial charge on any atom is -0.492 e. The number of hydrogen-bond donors (Lipinski definition) is 0. The van der Waals surface area contributed by atoms with E-state index in [0.29, 0.717) is 18.4 Å². The van der Waals surface area contributed by atoms with Crippen LogP contribution in [0.25, 0.3) is 0 Å². The normalized spacial score (nSPS) is 22.9. The van der Waals surface area contributed by atoms with Crippen molar-refractivity contribution in [1.82, 2.24) is 19.8 Å². The topological polar surface area (TPSA) is 58.6 Å². The van der Waals surface area contributed by atoms with Crippen molar-refractivity contribution in [2.75, 3.05) is 32.8 Å². The summed E-state index contributed by atoms with van der Waals surface area (Å²) in [5.74, 6) is 1.49. The fourth-order valence-corrected chi connectivity index (χ4v) is 4.32. The summed E-state index contributed by atoms with van der Waals surface area (Å²) in [6.45, 7) is 5.04. The van der Waals surface area contributed by atoms with Crippen LogP contribution in [-0.2, 0) is 11.3 Å². The lowest BCUT2D eigenvalue weighted by molar-refractivity contribution is -0.137. The molecular formula is C22H28N4O2. The van der Waals surface area contributed by atoms with Crippen molar-refractivity contribution in [3.05, 3.63) is 54.6 Å². The van der Waals surface area contributed by atoms with Crippen molar-refractivity contribution in [3.63, 3.8) is 0 Å². The van der Waals surface area contributed by atoms with E-state index >= 15 is 0 Å². The summed E-state index contributed by atoms with van der Waals surface area (Å²) in [6, 6.07) is 7.91. The van der Waals surface area contributed by atoms with E-state index in [0.717, 1.165) is 57.7 Å². The van der Waals surface area contributed by atoms with Crippen molar-refractivity contribution in [2.24, 2.45) is 11.8 Å². The zero-order chi connectivity index (χ0) is 19.2. The van der Waals surface area contributed by atoms with E-state index < -0.39 is 0 Å². The fraction of sp³-hybridized carbons (Fsp3) is 0.500. The third-order valence-corrected chi connectivity index (χ3v) is 5.66. The second-order valence-corrected chi connectivity index (χ2v) is 7.88. The van der Waals surface area contributed by atoms with Gasteiger partial charge in [-0.15, -0.1) is 0 Å². The lowest BCUT2D eigenvalue weighted by Gasteiger charge is -2.38. The first-order valence-electron chi connectivity index (χ1n) is 10.2. The Morgan fingerprint density at radius 2 is 1.89 bits per heavy atom. The van der Waals surface area contributed by atoms with Crippen LogP contribution in [0.15, 0.2) is 49.1 Å². The molecule has 4 rings (SSSR count). The molecule has 0 unspecified atom stereocenters. The third-order valence-electron chi connectivity index (χ3n) is 5.66. The van der Waals surface area contributed by atoms with Gasteiger partial charge in [0.1, 0.15) is 5.75 Å². The molecule has 0 N–H and O–H groups in total. The molecule has 0 saturated carbocycles. The minimum atomic E-state index is 0.0520. The number of nitrogens with zero attached hydrogens (tertiary/aromatic N) is 4. The Balaban J connectivity index is 1.42. The summed E-state index contributed by atoms with van der Waals surface area (Å²) in [6.07, 6.45) is 10.3. The lowest BCUT2D eigenvalue weighted by atomic mass is 9.88. The molecular weight excluding hydrogens is 352 g/mol. The highest BCUT2D eigenvalue weighted by Crippen LogP contribution is 2.27. The summed E-state index contributed by atoms with van der Waals surface area (Å²) < 4.78 is 5.97. The molecule has 2 aromatic heterocycles. The molecule has 28 heavy (non-hydrogen) atoms. The number of pyridine rings is 2. The molecule has 6 heteroatoms. The van der Waals surface area contributed by atoms with Crippen LogP contribution in [0.2, 0.25) is 0 Å². The molecule has 2 aliphatic rings. The van der Waals surface area contributed by atoms with Gasteiger partial charge < -0.3 is 9.64 Å². The van der Waals surface area contributed by atoms with E-state index in [1.807, 2.05) is 36.7 Å². The molecule has 0 aliphatic carbocycles. The van der Waals surface area contributed by atoms with Crippen LogP contribution in [0.1, 0.15) is 24.8 Å². The van der Waals surface area contributed by atoms with E-state index in [1.54, 1.807) is 12.4 Å². The van der Waals surface area contributed by atoms with Gasteiger partial charge in [0.05, 0.1) is 18.7 Å². The number of amides is 1. The number of ether oxygens (including phenoxy) is 1. The maximum Gasteiger partial charge on any atom is 0.226 e. The Labute approximate surface area is 166 Å². The van der Waals surface area contributed by atoms with Gasteiger partial charge in [-0.2, -0.15) is 0 Å². The summed E-state index contributed by atoms with van der Waals surface area (Å²) in [5, 5.41) is 0. The molecule has 0 aromatic carbocycles. The van der Waals surface area contributed by atoms with E-state index in [4.69, 9.17) is 4.74 Å². The Morgan fingerprint density at radius 1 is 1.07 bits per heavy atom. The predicted octanol–water partition coefficient (Wildman–Crippen LogP) is 2.62. The summed E-state index contributed by atoms with van der Waals surface area (Å²) in [4.78, 5) is 25.7. The Hall–Kier alpha value is -2.47. The van der Waals surface area contributed by atoms with Gasteiger partial charge in [0.15, 0.2) is 0 Å². The average Bonchev–Trinajstić information content (AvgIpc) is 3.28. The number of aromatic nitrogens is 2. The summed E-state index contributed by atoms with van der Waals surface area (Å²) >= 11 is 0. The Bertz CT molecular complexity index is 750. The van der Waals surface area contributed by atoms with Crippen LogP contribution in [0.4, 0.5) is 0 Å². The summed E-state index contributed by atoms with van der Waals surface area (Å²) in [5.41, 5.74) is 1.23. The molecule has 4 heterocycles. The van der Waals surface area contributed by atoms with Crippen LogP contribution in [0.3, 0.4) is 0 Å². The largest absolute Gasteiger partial charge is 0.492 e. The van der Waals surface area contributed by atoms with Crippen LogP contribution < -0.4 is 4.74 Å². The highest BCUT2D eigenvalue weighted by Gasteiger charge is 2.35. The number of likely N-dealkylation sites (tertiary alicyclic amines) is 2. The number of hydrogen-bond acceptors (Lipinski definition) is 5. The van der Waals surface area contributed by atoms with Gasteiger partial charge >= 0.3 is 0 Å². The first-order valence-corrected chi connectivity index (χ1v) is 10.2. The smallest absolute Gasteiger partial charge is 0.226 e. The molecule has 2 fully saturated rings. The number of carbonyl (C=O) groups excluding carboxylic acids is 1. The molecule has 0 bridgehead atoms. The second kappa shape index (κ2) is 9.15. The zero-order valence-corrected chi connectivity index (χ0v) is 16.2. The van der Waals surface area contributed by atoms with Gasteiger partial charge in [0, 0.05) is 57.2 Å². The van der Waals surface area contributed by atoms with Crippen molar-refractivity contribution >= 4 is 5.91 Å². The van der Waals surface area contributed by atoms with Crippen molar-refractivity contribution in [3.8, 4) is 5.75 Å². The lowest BCUT2D eigenvalue weighted by Crippen LogP contribution is -2.48. The molecule has 2 aliphatic heterocycles. The van der Waals surface area contributed by atoms with Gasteiger partial charge in [0.25, 0.3) is 0 Å². The van der Waals surface area contributed by atoms with Crippen LogP contribution >= 0.6 is 0 Å². The van der Waals surface area contributed by atoms with E-state index in [2.05, 4.69) is 19.8 Å². The van der Waals surface area contributed by atoms with Crippen molar-refractivity contribution in [1.29, 1.82) is 0 Å². The van der Waals surface area contributed by atoms with E-state index in [9.17, 15) is 4.79 Å². The van der Waals surface area contributed by atoms with Gasteiger partial charge in [-0.3, -0.25) is 19.7 Å². The monoisotopic (exact) mass is 380 g/mol. The van der Waals surface area contributed by atoms with Crippen LogP contribution in [0.5, 0.6) is 5.75 Å². The third kappa shape index (κ3) is 4.87. The molecule has 148 valence electrons. The molecule has 2 aromatic rings. The van der Waals surface area contributed by atoms with Gasteiger partial charge in [-0.25, -0.2) is 0 Å². The van der Waals surface area contributed by atoms with Crippen LogP contribution in [-0.4, -0.2) is 58.5 Å². The standard InChI is InChI=1S/C22H28N4O2/c27-22(26-10-1-2-11-26)20-12-19(17-28-21-4-3-7-24-13-21)15-25(16-20)14-18-5-8-23-9-6-18/h3-9,13,19-20H,1-2,10-12,14-17H2/t19-,20+/m0/s1. The molecule has 1 amide bonds. The minimum absolute atomic E-state index is 0.0520. The molecule has 2 atom stereocenters. The van der Waals surface area contributed by atoms with Crippen LogP contribution in [0, 0.1) is 11.8 Å². The number of piperidine rings is 1. The van der Waals surface area contributed by atoms with E-state index in [-0.39, 0.29) is 5.92 Å². The predicted molar refractivity (Wildman–Crippen MR) is 107 cm³/mol. The maximum absolute atomic E-state index is 13.1. The van der Waals surface area contributed by atoms with Gasteiger partial charge in [-0.1, -0.05) is 0 Å². The average molecular weight is 380 g/mol. The first-order chi connectivity index (χ1) is 13.8. The Morgan fingerprint density at radius 3 is 2.64 bits per heavy atom. The second-order valence-electron chi connectivity index (χ2n) is 7.88. The summed E-state index contributed by atoms with van der Waals surface area (Å²) in [7, 11) is 0. The highest BCUT2D eigenvalue weighted by molar-refractivity contribution is 5.79.